The first-order chi connectivity index (χ1) is 12.0. The van der Waals surface area contributed by atoms with Crippen LogP contribution in [0, 0.1) is 0 Å². The van der Waals surface area contributed by atoms with Crippen molar-refractivity contribution in [1.29, 1.82) is 0 Å². The molecule has 3 heterocycles. The van der Waals surface area contributed by atoms with Crippen LogP contribution in [0.3, 0.4) is 0 Å². The van der Waals surface area contributed by atoms with Gasteiger partial charge >= 0.3 is 0 Å². The van der Waals surface area contributed by atoms with Crippen molar-refractivity contribution >= 4 is 25.3 Å². The van der Waals surface area contributed by atoms with Crippen LogP contribution < -0.4 is 5.73 Å². The van der Waals surface area contributed by atoms with Crippen LogP contribution in [-0.4, -0.2) is 56.9 Å². The predicted octanol–water partition coefficient (Wildman–Crippen LogP) is 1.78. The van der Waals surface area contributed by atoms with Crippen LogP contribution >= 0.6 is 0 Å². The van der Waals surface area contributed by atoms with Crippen molar-refractivity contribution in [3.63, 3.8) is 0 Å². The van der Waals surface area contributed by atoms with Gasteiger partial charge in [0.1, 0.15) is 29.7 Å². The topological polar surface area (TPSA) is 108 Å². The maximum absolute atomic E-state index is 15.5. The Morgan fingerprint density at radius 2 is 2.04 bits per heavy atom. The molecular weight excluding hydrogens is 357 g/mol. The minimum Gasteiger partial charge on any atom is -0.403 e. The van der Waals surface area contributed by atoms with Crippen molar-refractivity contribution in [3.05, 3.63) is 12.7 Å². The van der Waals surface area contributed by atoms with E-state index in [0.717, 1.165) is 0 Å². The van der Waals surface area contributed by atoms with Gasteiger partial charge in [-0.2, -0.15) is 0 Å². The van der Waals surface area contributed by atoms with E-state index in [1.54, 1.807) is 0 Å². The highest BCUT2D eigenvalue weighted by Crippen LogP contribution is 2.60. The van der Waals surface area contributed by atoms with Crippen molar-refractivity contribution in [2.45, 2.75) is 69.1 Å². The SMILES string of the molecule is CC(C)(C)[Si](C)(C)OC12C(O)[C@H]1O[C@@H](n1cnc3c(N)ncnc31)[C@@H]2F. The Kier molecular flexibility index (Phi) is 3.57. The van der Waals surface area contributed by atoms with Crippen LogP contribution in [-0.2, 0) is 9.16 Å². The van der Waals surface area contributed by atoms with Crippen molar-refractivity contribution in [3.8, 4) is 0 Å². The number of aliphatic hydroxyl groups excluding tert-OH is 1. The van der Waals surface area contributed by atoms with E-state index in [1.165, 1.54) is 17.2 Å². The van der Waals surface area contributed by atoms with E-state index in [1.807, 2.05) is 13.1 Å². The van der Waals surface area contributed by atoms with Crippen molar-refractivity contribution in [2.24, 2.45) is 0 Å². The summed E-state index contributed by atoms with van der Waals surface area (Å²) in [5.74, 6) is 0.222. The Morgan fingerprint density at radius 1 is 1.35 bits per heavy atom. The Hall–Kier alpha value is -1.62. The molecule has 1 aliphatic heterocycles. The molecule has 2 aliphatic rings. The van der Waals surface area contributed by atoms with Gasteiger partial charge in [-0.3, -0.25) is 4.57 Å². The van der Waals surface area contributed by atoms with Crippen LogP contribution in [0.5, 0.6) is 0 Å². The highest BCUT2D eigenvalue weighted by atomic mass is 28.4. The summed E-state index contributed by atoms with van der Waals surface area (Å²) in [6.07, 6.45) is -1.47. The fraction of sp³-hybridized carbons (Fsp3) is 0.688. The smallest absolute Gasteiger partial charge is 0.193 e. The first-order valence-electron chi connectivity index (χ1n) is 8.61. The van der Waals surface area contributed by atoms with Gasteiger partial charge in [-0.1, -0.05) is 20.8 Å². The monoisotopic (exact) mass is 381 g/mol. The summed E-state index contributed by atoms with van der Waals surface area (Å²) in [6.45, 7) is 10.3. The van der Waals surface area contributed by atoms with E-state index < -0.39 is 38.5 Å². The molecule has 2 fully saturated rings. The van der Waals surface area contributed by atoms with Gasteiger partial charge in [-0.15, -0.1) is 0 Å². The van der Waals surface area contributed by atoms with E-state index in [-0.39, 0.29) is 10.9 Å². The lowest BCUT2D eigenvalue weighted by molar-refractivity contribution is -0.0586. The second kappa shape index (κ2) is 5.21. The zero-order chi connectivity index (χ0) is 19.1. The van der Waals surface area contributed by atoms with Crippen LogP contribution in [0.2, 0.25) is 18.1 Å². The summed E-state index contributed by atoms with van der Waals surface area (Å²) in [7, 11) is -2.31. The molecule has 2 aromatic rings. The number of aromatic nitrogens is 4. The lowest BCUT2D eigenvalue weighted by Crippen LogP contribution is -2.49. The van der Waals surface area contributed by atoms with E-state index in [2.05, 4.69) is 35.7 Å². The second-order valence-corrected chi connectivity index (χ2v) is 13.3. The van der Waals surface area contributed by atoms with Crippen LogP contribution in [0.1, 0.15) is 27.0 Å². The van der Waals surface area contributed by atoms with E-state index >= 15 is 4.39 Å². The number of rotatable bonds is 3. The van der Waals surface area contributed by atoms with Gasteiger partial charge in [0.15, 0.2) is 32.2 Å². The molecule has 8 nitrogen and oxygen atoms in total. The molecule has 26 heavy (non-hydrogen) atoms. The number of hydrogen-bond donors (Lipinski definition) is 2. The van der Waals surface area contributed by atoms with Gasteiger partial charge in [-0.25, -0.2) is 19.3 Å². The number of nitrogen functional groups attached to an aromatic ring is 1. The molecule has 0 radical (unpaired) electrons. The normalized spacial score (nSPS) is 34.3. The zero-order valence-electron chi connectivity index (χ0n) is 15.5. The Bertz CT molecular complexity index is 869. The van der Waals surface area contributed by atoms with E-state index in [9.17, 15) is 5.11 Å². The van der Waals surface area contributed by atoms with Gasteiger partial charge in [0, 0.05) is 0 Å². The number of aliphatic hydroxyl groups is 1. The Balaban J connectivity index is 1.68. The van der Waals surface area contributed by atoms with E-state index in [4.69, 9.17) is 14.9 Å². The highest BCUT2D eigenvalue weighted by molar-refractivity contribution is 6.74. The van der Waals surface area contributed by atoms with Gasteiger partial charge in [0.05, 0.1) is 6.33 Å². The molecule has 2 unspecified atom stereocenters. The Labute approximate surface area is 151 Å². The fourth-order valence-electron chi connectivity index (χ4n) is 3.31. The first kappa shape index (κ1) is 17.8. The van der Waals surface area contributed by atoms with Crippen LogP contribution in [0.4, 0.5) is 10.2 Å². The molecule has 2 aromatic heterocycles. The highest BCUT2D eigenvalue weighted by Gasteiger charge is 2.80. The standard InChI is InChI=1S/C16H24FN5O3Si/c1-15(2,3)26(4,5)25-16-9(17)14(24-11(16)10(16)23)22-7-21-8-12(18)19-6-20-13(8)22/h6-7,9-11,14,23H,1-5H3,(H2,18,19,20)/t9-,10?,11+,14+,16?/m0/s1. The van der Waals surface area contributed by atoms with Gasteiger partial charge in [0.25, 0.3) is 0 Å². The number of hydrogen-bond acceptors (Lipinski definition) is 7. The number of anilines is 1. The summed E-state index contributed by atoms with van der Waals surface area (Å²) in [4.78, 5) is 12.2. The van der Waals surface area contributed by atoms with E-state index in [0.29, 0.717) is 11.2 Å². The van der Waals surface area contributed by atoms with Crippen molar-refractivity contribution < 1.29 is 18.7 Å². The molecule has 4 rings (SSSR count). The third-order valence-electron chi connectivity index (χ3n) is 5.95. The number of nitrogens with two attached hydrogens (primary N) is 1. The molecule has 10 heteroatoms. The third kappa shape index (κ3) is 2.19. The number of ether oxygens (including phenoxy) is 1. The lowest BCUT2D eigenvalue weighted by Gasteiger charge is -2.40. The van der Waals surface area contributed by atoms with Gasteiger partial charge in [0.2, 0.25) is 0 Å². The maximum Gasteiger partial charge on any atom is 0.193 e. The summed E-state index contributed by atoms with van der Waals surface area (Å²) in [6, 6.07) is 0. The second-order valence-electron chi connectivity index (χ2n) is 8.59. The predicted molar refractivity (Wildman–Crippen MR) is 95.6 cm³/mol. The van der Waals surface area contributed by atoms with Crippen LogP contribution in [0.15, 0.2) is 12.7 Å². The molecule has 3 N–H and O–H groups in total. The summed E-state index contributed by atoms with van der Waals surface area (Å²) in [5, 5.41) is 10.2. The van der Waals surface area contributed by atoms with Crippen molar-refractivity contribution in [1.82, 2.24) is 19.5 Å². The summed E-state index contributed by atoms with van der Waals surface area (Å²) in [5.41, 5.74) is 5.25. The number of alkyl halides is 1. The van der Waals surface area contributed by atoms with Crippen molar-refractivity contribution in [2.75, 3.05) is 5.73 Å². The Morgan fingerprint density at radius 3 is 2.69 bits per heavy atom. The number of imidazole rings is 1. The molecule has 0 aromatic carbocycles. The molecule has 0 bridgehead atoms. The molecular formula is C16H24FN5O3Si. The zero-order valence-corrected chi connectivity index (χ0v) is 16.5. The summed E-state index contributed by atoms with van der Waals surface area (Å²) >= 11 is 0. The quantitative estimate of drug-likeness (QED) is 0.780. The number of nitrogens with zero attached hydrogens (tertiary/aromatic N) is 4. The molecule has 0 amide bonds. The summed E-state index contributed by atoms with van der Waals surface area (Å²) < 4.78 is 29.1. The average molecular weight is 381 g/mol. The third-order valence-corrected chi connectivity index (χ3v) is 10.4. The first-order valence-corrected chi connectivity index (χ1v) is 11.5. The molecule has 1 aliphatic carbocycles. The number of fused-ring (bicyclic) bond motifs is 2. The largest absolute Gasteiger partial charge is 0.403 e. The minimum atomic E-state index is -2.31. The molecule has 0 spiro atoms. The van der Waals surface area contributed by atoms with Crippen LogP contribution in [0.25, 0.3) is 11.2 Å². The molecule has 142 valence electrons. The molecule has 5 atom stereocenters. The lowest BCUT2D eigenvalue weighted by atomic mass is 10.2. The fourth-order valence-corrected chi connectivity index (χ4v) is 4.85. The van der Waals surface area contributed by atoms with Gasteiger partial charge < -0.3 is 20.0 Å². The maximum atomic E-state index is 15.5. The molecule has 1 saturated carbocycles. The minimum absolute atomic E-state index is 0.115. The number of halogens is 1. The van der Waals surface area contributed by atoms with Gasteiger partial charge in [-0.05, 0) is 18.1 Å². The molecule has 1 saturated heterocycles. The average Bonchev–Trinajstić information content (AvgIpc) is 2.87.